The van der Waals surface area contributed by atoms with Gasteiger partial charge in [-0.3, -0.25) is 9.89 Å². The number of fused-ring (bicyclic) bond motifs is 1. The van der Waals surface area contributed by atoms with Crippen molar-refractivity contribution in [3.63, 3.8) is 0 Å². The van der Waals surface area contributed by atoms with E-state index in [1.54, 1.807) is 6.92 Å². The zero-order valence-electron chi connectivity index (χ0n) is 13.9. The molecule has 2 N–H and O–H groups in total. The van der Waals surface area contributed by atoms with E-state index >= 15 is 0 Å². The fraction of sp³-hybridized carbons (Fsp3) is 0.105. The zero-order valence-corrected chi connectivity index (χ0v) is 13.9. The lowest BCUT2D eigenvalue weighted by atomic mass is 10.1. The molecule has 0 fully saturated rings. The van der Waals surface area contributed by atoms with E-state index in [1.165, 1.54) is 16.7 Å². The van der Waals surface area contributed by atoms with Crippen LogP contribution in [0.2, 0.25) is 0 Å². The summed E-state index contributed by atoms with van der Waals surface area (Å²) < 4.78 is 1.39. The van der Waals surface area contributed by atoms with Gasteiger partial charge in [-0.25, -0.2) is 14.3 Å². The molecule has 3 aromatic rings. The van der Waals surface area contributed by atoms with Gasteiger partial charge in [-0.05, 0) is 31.1 Å². The normalized spacial score (nSPS) is 11.7. The molecule has 0 aliphatic rings. The molecule has 0 radical (unpaired) electrons. The molecular formula is C19H17N3O3. The van der Waals surface area contributed by atoms with Crippen molar-refractivity contribution in [1.82, 2.24) is 14.6 Å². The summed E-state index contributed by atoms with van der Waals surface area (Å²) in [6.07, 6.45) is 1.40. The molecule has 2 aromatic heterocycles. The average molecular weight is 335 g/mol. The minimum atomic E-state index is -1.11. The maximum Gasteiger partial charge on any atom is 0.335 e. The number of aliphatic carboxylic acids is 1. The maximum atomic E-state index is 12.4. The number of allylic oxidation sites excluding steroid dienone is 1. The summed E-state index contributed by atoms with van der Waals surface area (Å²) >= 11 is 0. The SMILES string of the molecule is C=C(/C=C(\C)c1cc(=O)n2[nH]c(-c3ccccc3)c(C)c2n1)C(=O)O. The third kappa shape index (κ3) is 3.01. The van der Waals surface area contributed by atoms with Crippen molar-refractivity contribution in [1.29, 1.82) is 0 Å². The largest absolute Gasteiger partial charge is 0.478 e. The monoisotopic (exact) mass is 335 g/mol. The molecule has 0 aliphatic heterocycles. The van der Waals surface area contributed by atoms with Gasteiger partial charge in [0.05, 0.1) is 17.0 Å². The number of carbonyl (C=O) groups is 1. The predicted octanol–water partition coefficient (Wildman–Crippen LogP) is 3.04. The van der Waals surface area contributed by atoms with Crippen LogP contribution in [0.4, 0.5) is 0 Å². The number of rotatable bonds is 4. The number of aryl methyl sites for hydroxylation is 1. The van der Waals surface area contributed by atoms with Crippen LogP contribution < -0.4 is 5.56 Å². The second kappa shape index (κ2) is 6.24. The van der Waals surface area contributed by atoms with Crippen molar-refractivity contribution in [2.75, 3.05) is 0 Å². The lowest BCUT2D eigenvalue weighted by Gasteiger charge is -2.02. The van der Waals surface area contributed by atoms with E-state index in [0.717, 1.165) is 16.8 Å². The smallest absolute Gasteiger partial charge is 0.335 e. The van der Waals surface area contributed by atoms with E-state index < -0.39 is 5.97 Å². The first kappa shape index (κ1) is 16.4. The number of carboxylic acid groups (broad SMARTS) is 1. The number of H-pyrrole nitrogens is 1. The molecule has 6 heteroatoms. The third-order valence-electron chi connectivity index (χ3n) is 3.98. The van der Waals surface area contributed by atoms with Gasteiger partial charge in [-0.15, -0.1) is 0 Å². The Labute approximate surface area is 143 Å². The van der Waals surface area contributed by atoms with Crippen LogP contribution in [0.25, 0.3) is 22.5 Å². The van der Waals surface area contributed by atoms with Crippen LogP contribution in [0.15, 0.2) is 59.4 Å². The highest BCUT2D eigenvalue weighted by Crippen LogP contribution is 2.24. The molecule has 0 saturated heterocycles. The van der Waals surface area contributed by atoms with Crippen molar-refractivity contribution in [2.24, 2.45) is 0 Å². The summed E-state index contributed by atoms with van der Waals surface area (Å²) in [5.74, 6) is -1.11. The Kier molecular flexibility index (Phi) is 4.10. The van der Waals surface area contributed by atoms with E-state index in [9.17, 15) is 9.59 Å². The fourth-order valence-electron chi connectivity index (χ4n) is 2.63. The average Bonchev–Trinajstić information content (AvgIpc) is 2.93. The van der Waals surface area contributed by atoms with Crippen LogP contribution in [0.1, 0.15) is 18.2 Å². The standard InChI is InChI=1S/C19H17N3O3/c1-11(9-12(2)19(24)25)15-10-16(23)22-18(20-15)13(3)17(21-22)14-7-5-4-6-8-14/h4-10,21H,2H2,1,3H3,(H,24,25)/b11-9+. The highest BCUT2D eigenvalue weighted by atomic mass is 16.4. The second-order valence-electron chi connectivity index (χ2n) is 5.77. The van der Waals surface area contributed by atoms with E-state index in [1.807, 2.05) is 37.3 Å². The van der Waals surface area contributed by atoms with Gasteiger partial charge in [0.1, 0.15) is 0 Å². The Morgan fingerprint density at radius 3 is 2.64 bits per heavy atom. The molecule has 0 spiro atoms. The maximum absolute atomic E-state index is 12.4. The van der Waals surface area contributed by atoms with Gasteiger partial charge in [0.2, 0.25) is 0 Å². The van der Waals surface area contributed by atoms with Gasteiger partial charge in [0.15, 0.2) is 5.65 Å². The van der Waals surface area contributed by atoms with Crippen molar-refractivity contribution in [2.45, 2.75) is 13.8 Å². The van der Waals surface area contributed by atoms with Gasteiger partial charge in [0, 0.05) is 11.6 Å². The molecular weight excluding hydrogens is 318 g/mol. The van der Waals surface area contributed by atoms with Crippen LogP contribution in [-0.4, -0.2) is 25.7 Å². The van der Waals surface area contributed by atoms with E-state index in [0.29, 0.717) is 16.9 Å². The molecule has 3 rings (SSSR count). The number of nitrogens with zero attached hydrogens (tertiary/aromatic N) is 2. The topological polar surface area (TPSA) is 87.5 Å². The molecule has 1 aromatic carbocycles. The molecule has 0 atom stereocenters. The highest BCUT2D eigenvalue weighted by molar-refractivity contribution is 5.91. The van der Waals surface area contributed by atoms with Gasteiger partial charge in [-0.2, -0.15) is 0 Å². The summed E-state index contributed by atoms with van der Waals surface area (Å²) in [6, 6.07) is 11.0. The Morgan fingerprint density at radius 2 is 2.00 bits per heavy atom. The summed E-state index contributed by atoms with van der Waals surface area (Å²) in [7, 11) is 0. The number of aromatic amines is 1. The molecule has 0 aliphatic carbocycles. The summed E-state index contributed by atoms with van der Waals surface area (Å²) in [5.41, 5.74) is 3.79. The second-order valence-corrected chi connectivity index (χ2v) is 5.77. The number of carboxylic acids is 1. The Hall–Kier alpha value is -3.41. The van der Waals surface area contributed by atoms with Crippen molar-refractivity contribution in [3.8, 4) is 11.3 Å². The predicted molar refractivity (Wildman–Crippen MR) is 96.4 cm³/mol. The molecule has 126 valence electrons. The van der Waals surface area contributed by atoms with Gasteiger partial charge in [0.25, 0.3) is 5.56 Å². The van der Waals surface area contributed by atoms with Crippen LogP contribution in [0.3, 0.4) is 0 Å². The van der Waals surface area contributed by atoms with Crippen molar-refractivity contribution < 1.29 is 9.90 Å². The minimum Gasteiger partial charge on any atom is -0.478 e. The first-order valence-corrected chi connectivity index (χ1v) is 7.67. The van der Waals surface area contributed by atoms with Crippen LogP contribution >= 0.6 is 0 Å². The van der Waals surface area contributed by atoms with Gasteiger partial charge < -0.3 is 5.11 Å². The van der Waals surface area contributed by atoms with Crippen molar-refractivity contribution in [3.05, 3.63) is 76.2 Å². The van der Waals surface area contributed by atoms with E-state index in [-0.39, 0.29) is 11.1 Å². The molecule has 0 saturated carbocycles. The number of hydrogen-bond acceptors (Lipinski definition) is 3. The van der Waals surface area contributed by atoms with Crippen LogP contribution in [0.5, 0.6) is 0 Å². The lowest BCUT2D eigenvalue weighted by Crippen LogP contribution is -2.15. The first-order valence-electron chi connectivity index (χ1n) is 7.67. The Morgan fingerprint density at radius 1 is 1.32 bits per heavy atom. The van der Waals surface area contributed by atoms with E-state index in [4.69, 9.17) is 5.11 Å². The molecule has 0 bridgehead atoms. The lowest BCUT2D eigenvalue weighted by molar-refractivity contribution is -0.132. The first-order chi connectivity index (χ1) is 11.9. The molecule has 0 unspecified atom stereocenters. The van der Waals surface area contributed by atoms with Crippen LogP contribution in [0, 0.1) is 6.92 Å². The fourth-order valence-corrected chi connectivity index (χ4v) is 2.63. The summed E-state index contributed by atoms with van der Waals surface area (Å²) in [5, 5.41) is 12.0. The van der Waals surface area contributed by atoms with Crippen LogP contribution in [-0.2, 0) is 4.79 Å². The zero-order chi connectivity index (χ0) is 18.1. The number of nitrogens with one attached hydrogen (secondary N) is 1. The molecule has 2 heterocycles. The van der Waals surface area contributed by atoms with Crippen molar-refractivity contribution >= 4 is 17.2 Å². The summed E-state index contributed by atoms with van der Waals surface area (Å²) in [6.45, 7) is 7.06. The number of benzene rings is 1. The highest BCUT2D eigenvalue weighted by Gasteiger charge is 2.14. The van der Waals surface area contributed by atoms with E-state index in [2.05, 4.69) is 16.7 Å². The van der Waals surface area contributed by atoms with Gasteiger partial charge in [-0.1, -0.05) is 36.9 Å². The quantitative estimate of drug-likeness (QED) is 0.567. The Bertz CT molecular complexity index is 1070. The molecule has 0 amide bonds. The Balaban J connectivity index is 2.17. The molecule has 25 heavy (non-hydrogen) atoms. The summed E-state index contributed by atoms with van der Waals surface area (Å²) in [4.78, 5) is 27.9. The molecule has 6 nitrogen and oxygen atoms in total. The van der Waals surface area contributed by atoms with Gasteiger partial charge >= 0.3 is 5.97 Å². The number of aromatic nitrogens is 3. The minimum absolute atomic E-state index is 0.0599. The third-order valence-corrected chi connectivity index (χ3v) is 3.98. The number of hydrogen-bond donors (Lipinski definition) is 2.